The first-order chi connectivity index (χ1) is 14.9. The molecule has 1 spiro atoms. The van der Waals surface area contributed by atoms with Crippen molar-refractivity contribution in [1.82, 2.24) is 14.4 Å². The third-order valence-electron chi connectivity index (χ3n) is 6.17. The van der Waals surface area contributed by atoms with Crippen LogP contribution in [-0.2, 0) is 32.3 Å². The molecule has 0 saturated carbocycles. The quantitative estimate of drug-likeness (QED) is 0.636. The lowest BCUT2D eigenvalue weighted by atomic mass is 9.79. The minimum atomic E-state index is -3.71. The number of aromatic nitrogens is 2. The Balaban J connectivity index is 1.36. The minimum absolute atomic E-state index is 0.00781. The number of hydrogen-bond acceptors (Lipinski definition) is 7. The summed E-state index contributed by atoms with van der Waals surface area (Å²) in [6.07, 6.45) is 4.27. The second-order valence-corrected chi connectivity index (χ2v) is 10.2. The fourth-order valence-corrected chi connectivity index (χ4v) is 5.95. The molecule has 10 heteroatoms. The molecule has 1 atom stereocenters. The minimum Gasteiger partial charge on any atom is -0.384 e. The molecule has 1 aromatic carbocycles. The second kappa shape index (κ2) is 9.32. The van der Waals surface area contributed by atoms with Crippen molar-refractivity contribution >= 4 is 10.0 Å². The van der Waals surface area contributed by atoms with Gasteiger partial charge in [-0.15, -0.1) is 0 Å². The van der Waals surface area contributed by atoms with Crippen LogP contribution in [-0.4, -0.2) is 61.9 Å². The van der Waals surface area contributed by atoms with Crippen molar-refractivity contribution < 1.29 is 26.8 Å². The summed E-state index contributed by atoms with van der Waals surface area (Å²) in [5.41, 5.74) is -0.338. The number of piperidine rings is 1. The highest BCUT2D eigenvalue weighted by atomic mass is 32.2. The maximum absolute atomic E-state index is 13.5. The van der Waals surface area contributed by atoms with Crippen molar-refractivity contribution in [2.75, 3.05) is 33.4 Å². The van der Waals surface area contributed by atoms with Gasteiger partial charge in [-0.3, -0.25) is 0 Å². The van der Waals surface area contributed by atoms with Gasteiger partial charge in [-0.2, -0.15) is 9.29 Å². The van der Waals surface area contributed by atoms with Crippen LogP contribution in [0.1, 0.15) is 37.4 Å². The van der Waals surface area contributed by atoms with E-state index >= 15 is 0 Å². The Morgan fingerprint density at radius 3 is 2.87 bits per heavy atom. The standard InChI is InChI=1S/C21H28FN3O5S/c1-28-11-6-19-23-20(30-24-19)13-16-5-12-29-21(15-16)7-9-25(10-8-21)31(26,27)18-4-2-3-17(22)14-18/h2-4,14,16H,5-13,15H2,1H3. The van der Waals surface area contributed by atoms with Gasteiger partial charge < -0.3 is 14.0 Å². The fourth-order valence-electron chi connectivity index (χ4n) is 4.48. The first-order valence-corrected chi connectivity index (χ1v) is 12.0. The van der Waals surface area contributed by atoms with Gasteiger partial charge in [-0.1, -0.05) is 11.2 Å². The third kappa shape index (κ3) is 5.14. The van der Waals surface area contributed by atoms with Crippen LogP contribution in [0.2, 0.25) is 0 Å². The Bertz CT molecular complexity index is 988. The number of methoxy groups -OCH3 is 1. The van der Waals surface area contributed by atoms with Crippen LogP contribution in [0.15, 0.2) is 33.7 Å². The second-order valence-electron chi connectivity index (χ2n) is 8.30. The molecule has 2 aliphatic heterocycles. The maximum atomic E-state index is 13.5. The first-order valence-electron chi connectivity index (χ1n) is 10.6. The average molecular weight is 454 g/mol. The molecule has 8 nitrogen and oxygen atoms in total. The van der Waals surface area contributed by atoms with Crippen LogP contribution < -0.4 is 0 Å². The molecule has 1 aromatic heterocycles. The molecule has 0 bridgehead atoms. The Kier molecular flexibility index (Phi) is 6.71. The van der Waals surface area contributed by atoms with Gasteiger partial charge in [0.2, 0.25) is 15.9 Å². The average Bonchev–Trinajstić information content (AvgIpc) is 3.20. The van der Waals surface area contributed by atoms with E-state index in [1.54, 1.807) is 7.11 Å². The van der Waals surface area contributed by atoms with E-state index < -0.39 is 15.8 Å². The predicted molar refractivity (Wildman–Crippen MR) is 109 cm³/mol. The summed E-state index contributed by atoms with van der Waals surface area (Å²) < 4.78 is 57.3. The van der Waals surface area contributed by atoms with Crippen LogP contribution in [0.3, 0.4) is 0 Å². The van der Waals surface area contributed by atoms with Crippen LogP contribution in [0.5, 0.6) is 0 Å². The summed E-state index contributed by atoms with van der Waals surface area (Å²) in [4.78, 5) is 4.44. The molecule has 4 rings (SSSR count). The number of benzene rings is 1. The lowest BCUT2D eigenvalue weighted by molar-refractivity contribution is -0.121. The number of rotatable bonds is 7. The Morgan fingerprint density at radius 1 is 1.32 bits per heavy atom. The molecule has 0 amide bonds. The molecule has 0 aliphatic carbocycles. The molecule has 2 saturated heterocycles. The summed E-state index contributed by atoms with van der Waals surface area (Å²) >= 11 is 0. The van der Waals surface area contributed by atoms with Crippen LogP contribution in [0, 0.1) is 11.7 Å². The molecule has 0 N–H and O–H groups in total. The van der Waals surface area contributed by atoms with E-state index in [9.17, 15) is 12.8 Å². The third-order valence-corrected chi connectivity index (χ3v) is 8.06. The molecular weight excluding hydrogens is 425 g/mol. The first kappa shape index (κ1) is 22.3. The van der Waals surface area contributed by atoms with Crippen molar-refractivity contribution in [1.29, 1.82) is 0 Å². The van der Waals surface area contributed by atoms with Gasteiger partial charge in [0, 0.05) is 39.6 Å². The molecule has 1 unspecified atom stereocenters. The van der Waals surface area contributed by atoms with Gasteiger partial charge in [0.15, 0.2) is 5.82 Å². The highest BCUT2D eigenvalue weighted by Gasteiger charge is 2.43. The number of hydrogen-bond donors (Lipinski definition) is 0. The van der Waals surface area contributed by atoms with E-state index in [4.69, 9.17) is 14.0 Å². The molecule has 170 valence electrons. The van der Waals surface area contributed by atoms with E-state index in [0.29, 0.717) is 69.6 Å². The SMILES string of the molecule is COCCc1noc(CC2CCOC3(CCN(S(=O)(=O)c4cccc(F)c4)CC3)C2)n1. The van der Waals surface area contributed by atoms with E-state index in [1.165, 1.54) is 22.5 Å². The highest BCUT2D eigenvalue weighted by Crippen LogP contribution is 2.39. The van der Waals surface area contributed by atoms with E-state index in [-0.39, 0.29) is 10.5 Å². The zero-order chi connectivity index (χ0) is 21.9. The van der Waals surface area contributed by atoms with Crippen LogP contribution in [0.25, 0.3) is 0 Å². The molecule has 2 aliphatic rings. The molecular formula is C21H28FN3O5S. The van der Waals surface area contributed by atoms with Crippen molar-refractivity contribution in [2.45, 2.75) is 49.0 Å². The lowest BCUT2D eigenvalue weighted by Crippen LogP contribution is -2.50. The molecule has 2 aromatic rings. The van der Waals surface area contributed by atoms with E-state index in [1.807, 2.05) is 0 Å². The van der Waals surface area contributed by atoms with Gasteiger partial charge >= 0.3 is 0 Å². The van der Waals surface area contributed by atoms with Crippen molar-refractivity contribution in [3.05, 3.63) is 41.8 Å². The smallest absolute Gasteiger partial charge is 0.243 e. The van der Waals surface area contributed by atoms with Gasteiger partial charge in [0.05, 0.1) is 17.1 Å². The zero-order valence-electron chi connectivity index (χ0n) is 17.6. The summed E-state index contributed by atoms with van der Waals surface area (Å²) in [6, 6.07) is 5.16. The van der Waals surface area contributed by atoms with Gasteiger partial charge in [-0.05, 0) is 49.8 Å². The monoisotopic (exact) mass is 453 g/mol. The molecule has 31 heavy (non-hydrogen) atoms. The summed E-state index contributed by atoms with van der Waals surface area (Å²) in [7, 11) is -2.08. The van der Waals surface area contributed by atoms with Crippen LogP contribution >= 0.6 is 0 Å². The van der Waals surface area contributed by atoms with Gasteiger partial charge in [0.25, 0.3) is 0 Å². The molecule has 2 fully saturated rings. The number of nitrogens with zero attached hydrogens (tertiary/aromatic N) is 3. The summed E-state index contributed by atoms with van der Waals surface area (Å²) in [5.74, 6) is 1.06. The predicted octanol–water partition coefficient (Wildman–Crippen LogP) is 2.59. The number of halogens is 1. The Hall–Kier alpha value is -1.88. The molecule has 0 radical (unpaired) electrons. The number of ether oxygens (including phenoxy) is 2. The normalized spacial score (nSPS) is 22.1. The molecule has 3 heterocycles. The summed E-state index contributed by atoms with van der Waals surface area (Å²) in [6.45, 7) is 1.89. The van der Waals surface area contributed by atoms with Crippen molar-refractivity contribution in [2.24, 2.45) is 5.92 Å². The van der Waals surface area contributed by atoms with Crippen LogP contribution in [0.4, 0.5) is 4.39 Å². The Labute approximate surface area is 181 Å². The largest absolute Gasteiger partial charge is 0.384 e. The maximum Gasteiger partial charge on any atom is 0.243 e. The van der Waals surface area contributed by atoms with Crippen molar-refractivity contribution in [3.8, 4) is 0 Å². The Morgan fingerprint density at radius 2 is 2.13 bits per heavy atom. The lowest BCUT2D eigenvalue weighted by Gasteiger charge is -2.45. The van der Waals surface area contributed by atoms with Gasteiger partial charge in [-0.25, -0.2) is 12.8 Å². The van der Waals surface area contributed by atoms with Gasteiger partial charge in [0.1, 0.15) is 5.82 Å². The van der Waals surface area contributed by atoms with E-state index in [0.717, 1.165) is 18.9 Å². The summed E-state index contributed by atoms with van der Waals surface area (Å²) in [5, 5.41) is 4.00. The number of sulfonamides is 1. The van der Waals surface area contributed by atoms with Crippen molar-refractivity contribution in [3.63, 3.8) is 0 Å². The topological polar surface area (TPSA) is 94.8 Å². The zero-order valence-corrected chi connectivity index (χ0v) is 18.4. The highest BCUT2D eigenvalue weighted by molar-refractivity contribution is 7.89. The fraction of sp³-hybridized carbons (Fsp3) is 0.619. The van der Waals surface area contributed by atoms with E-state index in [2.05, 4.69) is 10.1 Å².